The predicted molar refractivity (Wildman–Crippen MR) is 46.1 cm³/mol. The van der Waals surface area contributed by atoms with Crippen LogP contribution in [-0.2, 0) is 12.8 Å². The quantitative estimate of drug-likeness (QED) is 0.711. The molecule has 0 amide bonds. The van der Waals surface area contributed by atoms with Gasteiger partial charge in [-0.1, -0.05) is 18.5 Å². The van der Waals surface area contributed by atoms with Crippen molar-refractivity contribution >= 4 is 11.6 Å². The van der Waals surface area contributed by atoms with Crippen LogP contribution in [0.25, 0.3) is 0 Å². The molecule has 0 radical (unpaired) electrons. The molecule has 72 valence electrons. The third kappa shape index (κ3) is 2.88. The van der Waals surface area contributed by atoms with Gasteiger partial charge in [-0.25, -0.2) is 18.7 Å². The molecular weight excluding hydrogens is 198 g/mol. The van der Waals surface area contributed by atoms with Crippen molar-refractivity contribution in [3.8, 4) is 0 Å². The SMILES string of the molecule is CCc1ncc(CC(F)F)c(Cl)n1. The first-order valence-electron chi connectivity index (χ1n) is 3.92. The molecule has 0 aliphatic rings. The topological polar surface area (TPSA) is 25.8 Å². The van der Waals surface area contributed by atoms with Gasteiger partial charge in [0.2, 0.25) is 6.43 Å². The lowest BCUT2D eigenvalue weighted by Crippen LogP contribution is -2.02. The highest BCUT2D eigenvalue weighted by Gasteiger charge is 2.10. The Bertz CT molecular complexity index is 291. The van der Waals surface area contributed by atoms with Crippen LogP contribution in [0.4, 0.5) is 8.78 Å². The van der Waals surface area contributed by atoms with Gasteiger partial charge in [-0.3, -0.25) is 0 Å². The Morgan fingerprint density at radius 2 is 2.23 bits per heavy atom. The van der Waals surface area contributed by atoms with Crippen LogP contribution in [0.15, 0.2) is 6.20 Å². The maximum absolute atomic E-state index is 12.0. The van der Waals surface area contributed by atoms with Crippen LogP contribution in [0.3, 0.4) is 0 Å². The first-order chi connectivity index (χ1) is 6.13. The molecule has 0 aromatic carbocycles. The summed E-state index contributed by atoms with van der Waals surface area (Å²) in [6.45, 7) is 1.87. The van der Waals surface area contributed by atoms with Gasteiger partial charge in [-0.15, -0.1) is 0 Å². The van der Waals surface area contributed by atoms with Gasteiger partial charge < -0.3 is 0 Å². The van der Waals surface area contributed by atoms with E-state index in [-0.39, 0.29) is 11.6 Å². The fraction of sp³-hybridized carbons (Fsp3) is 0.500. The lowest BCUT2D eigenvalue weighted by atomic mass is 10.2. The minimum Gasteiger partial charge on any atom is -0.241 e. The average Bonchev–Trinajstić information content (AvgIpc) is 2.08. The molecular formula is C8H9ClF2N2. The van der Waals surface area contributed by atoms with Gasteiger partial charge >= 0.3 is 0 Å². The maximum Gasteiger partial charge on any atom is 0.242 e. The van der Waals surface area contributed by atoms with Crippen LogP contribution in [-0.4, -0.2) is 16.4 Å². The minimum absolute atomic E-state index is 0.132. The summed E-state index contributed by atoms with van der Waals surface area (Å²) < 4.78 is 23.9. The average molecular weight is 207 g/mol. The molecule has 0 spiro atoms. The Morgan fingerprint density at radius 3 is 2.69 bits per heavy atom. The summed E-state index contributed by atoms with van der Waals surface area (Å²) in [6, 6.07) is 0. The summed E-state index contributed by atoms with van der Waals surface area (Å²) in [4.78, 5) is 7.75. The van der Waals surface area contributed by atoms with E-state index in [1.165, 1.54) is 6.20 Å². The zero-order valence-electron chi connectivity index (χ0n) is 7.10. The second-order valence-corrected chi connectivity index (χ2v) is 2.91. The normalized spacial score (nSPS) is 10.8. The number of alkyl halides is 2. The Labute approximate surface area is 80.0 Å². The van der Waals surface area contributed by atoms with Crippen molar-refractivity contribution in [1.29, 1.82) is 0 Å². The van der Waals surface area contributed by atoms with Crippen LogP contribution < -0.4 is 0 Å². The van der Waals surface area contributed by atoms with Crippen molar-refractivity contribution in [2.75, 3.05) is 0 Å². The van der Waals surface area contributed by atoms with Gasteiger partial charge in [0.05, 0.1) is 0 Å². The monoisotopic (exact) mass is 206 g/mol. The summed E-state index contributed by atoms with van der Waals surface area (Å²) >= 11 is 5.67. The van der Waals surface area contributed by atoms with E-state index in [9.17, 15) is 8.78 Å². The minimum atomic E-state index is -2.41. The number of halogens is 3. The summed E-state index contributed by atoms with van der Waals surface area (Å²) in [5, 5.41) is 0.132. The molecule has 0 unspecified atom stereocenters. The Kier molecular flexibility index (Phi) is 3.54. The fourth-order valence-electron chi connectivity index (χ4n) is 0.893. The lowest BCUT2D eigenvalue weighted by molar-refractivity contribution is 0.149. The van der Waals surface area contributed by atoms with Gasteiger partial charge in [-0.2, -0.15) is 0 Å². The van der Waals surface area contributed by atoms with Crippen LogP contribution >= 0.6 is 11.6 Å². The van der Waals surface area contributed by atoms with Gasteiger partial charge in [0, 0.05) is 24.6 Å². The summed E-state index contributed by atoms with van der Waals surface area (Å²) in [7, 11) is 0. The standard InChI is InChI=1S/C8H9ClF2N2/c1-2-7-12-4-5(3-6(10)11)8(9)13-7/h4,6H,2-3H2,1H3. The molecule has 0 atom stereocenters. The molecule has 0 N–H and O–H groups in total. The van der Waals surface area contributed by atoms with Crippen molar-refractivity contribution in [3.63, 3.8) is 0 Å². The fourth-order valence-corrected chi connectivity index (χ4v) is 1.12. The van der Waals surface area contributed by atoms with Crippen LogP contribution in [0.5, 0.6) is 0 Å². The second-order valence-electron chi connectivity index (χ2n) is 2.55. The van der Waals surface area contributed by atoms with E-state index in [1.807, 2.05) is 6.92 Å². The number of hydrogen-bond donors (Lipinski definition) is 0. The van der Waals surface area contributed by atoms with E-state index in [0.717, 1.165) is 0 Å². The molecule has 0 aliphatic carbocycles. The van der Waals surface area contributed by atoms with Gasteiger partial charge in [0.15, 0.2) is 0 Å². The van der Waals surface area contributed by atoms with Gasteiger partial charge in [-0.05, 0) is 0 Å². The summed E-state index contributed by atoms with van der Waals surface area (Å²) in [5.41, 5.74) is 0.300. The van der Waals surface area contributed by atoms with Crippen molar-refractivity contribution in [2.45, 2.75) is 26.2 Å². The molecule has 13 heavy (non-hydrogen) atoms. The molecule has 0 bridgehead atoms. The maximum atomic E-state index is 12.0. The molecule has 1 aromatic rings. The Morgan fingerprint density at radius 1 is 1.54 bits per heavy atom. The molecule has 0 saturated heterocycles. The third-order valence-electron chi connectivity index (χ3n) is 1.55. The molecule has 1 rings (SSSR count). The van der Waals surface area contributed by atoms with Crippen molar-refractivity contribution < 1.29 is 8.78 Å². The zero-order valence-corrected chi connectivity index (χ0v) is 7.85. The molecule has 1 heterocycles. The molecule has 0 aliphatic heterocycles. The number of aromatic nitrogens is 2. The number of aryl methyl sites for hydroxylation is 1. The highest BCUT2D eigenvalue weighted by molar-refractivity contribution is 6.30. The number of rotatable bonds is 3. The Hall–Kier alpha value is -0.770. The van der Waals surface area contributed by atoms with E-state index in [2.05, 4.69) is 9.97 Å². The molecule has 0 fully saturated rings. The second kappa shape index (κ2) is 4.46. The summed E-state index contributed by atoms with van der Waals surface area (Å²) in [6.07, 6.45) is -0.786. The van der Waals surface area contributed by atoms with Crippen LogP contribution in [0.1, 0.15) is 18.3 Å². The van der Waals surface area contributed by atoms with E-state index in [1.54, 1.807) is 0 Å². The van der Waals surface area contributed by atoms with Gasteiger partial charge in [0.25, 0.3) is 0 Å². The zero-order chi connectivity index (χ0) is 9.84. The number of nitrogens with zero attached hydrogens (tertiary/aromatic N) is 2. The van der Waals surface area contributed by atoms with E-state index >= 15 is 0 Å². The largest absolute Gasteiger partial charge is 0.242 e. The van der Waals surface area contributed by atoms with Crippen molar-refractivity contribution in [2.24, 2.45) is 0 Å². The highest BCUT2D eigenvalue weighted by Crippen LogP contribution is 2.15. The third-order valence-corrected chi connectivity index (χ3v) is 1.88. The lowest BCUT2D eigenvalue weighted by Gasteiger charge is -2.03. The molecule has 2 nitrogen and oxygen atoms in total. The predicted octanol–water partition coefficient (Wildman–Crippen LogP) is 2.50. The highest BCUT2D eigenvalue weighted by atomic mass is 35.5. The number of hydrogen-bond acceptors (Lipinski definition) is 2. The van der Waals surface area contributed by atoms with Crippen LogP contribution in [0, 0.1) is 0 Å². The molecule has 5 heteroatoms. The van der Waals surface area contributed by atoms with Crippen molar-refractivity contribution in [1.82, 2.24) is 9.97 Å². The van der Waals surface area contributed by atoms with E-state index in [0.29, 0.717) is 17.8 Å². The van der Waals surface area contributed by atoms with E-state index < -0.39 is 6.43 Å². The Balaban J connectivity index is 2.85. The first kappa shape index (κ1) is 10.3. The van der Waals surface area contributed by atoms with Crippen molar-refractivity contribution in [3.05, 3.63) is 22.7 Å². The smallest absolute Gasteiger partial charge is 0.241 e. The van der Waals surface area contributed by atoms with Gasteiger partial charge in [0.1, 0.15) is 11.0 Å². The molecule has 1 aromatic heterocycles. The molecule has 0 saturated carbocycles. The van der Waals surface area contributed by atoms with E-state index in [4.69, 9.17) is 11.6 Å². The summed E-state index contributed by atoms with van der Waals surface area (Å²) in [5.74, 6) is 0.572. The first-order valence-corrected chi connectivity index (χ1v) is 4.29. The van der Waals surface area contributed by atoms with Crippen LogP contribution in [0.2, 0.25) is 5.15 Å².